The van der Waals surface area contributed by atoms with Crippen LogP contribution in [0.2, 0.25) is 0 Å². The molecule has 0 radical (unpaired) electrons. The first-order valence-corrected chi connectivity index (χ1v) is 5.42. The molecule has 1 aliphatic carbocycles. The van der Waals surface area contributed by atoms with Crippen LogP contribution >= 0.6 is 0 Å². The molecule has 0 bridgehead atoms. The van der Waals surface area contributed by atoms with E-state index in [4.69, 9.17) is 4.74 Å². The van der Waals surface area contributed by atoms with E-state index in [9.17, 15) is 4.79 Å². The third-order valence-corrected chi connectivity index (χ3v) is 3.09. The summed E-state index contributed by atoms with van der Waals surface area (Å²) in [4.78, 5) is 11.5. The van der Waals surface area contributed by atoms with Crippen LogP contribution in [0.25, 0.3) is 0 Å². The molecule has 15 heavy (non-hydrogen) atoms. The van der Waals surface area contributed by atoms with Gasteiger partial charge in [-0.3, -0.25) is 4.79 Å². The van der Waals surface area contributed by atoms with Crippen molar-refractivity contribution in [2.75, 3.05) is 13.7 Å². The number of allylic oxidation sites excluding steroid dienone is 1. The van der Waals surface area contributed by atoms with E-state index in [2.05, 4.69) is 6.58 Å². The zero-order valence-electron chi connectivity index (χ0n) is 9.00. The Kier molecular flexibility index (Phi) is 7.31. The zero-order chi connectivity index (χ0) is 10.4. The van der Waals surface area contributed by atoms with Crippen molar-refractivity contribution < 1.29 is 9.53 Å². The summed E-state index contributed by atoms with van der Waals surface area (Å²) >= 11 is 0. The molecule has 1 fully saturated rings. The van der Waals surface area contributed by atoms with Gasteiger partial charge in [0.25, 0.3) is 0 Å². The average molecular weight is 212 g/mol. The molecule has 0 saturated heterocycles. The number of Topliss-reactive ketones (excluding diaryl/α,β-unsaturated/α-hetero) is 1. The van der Waals surface area contributed by atoms with Crippen molar-refractivity contribution in [1.82, 2.24) is 0 Å². The van der Waals surface area contributed by atoms with Crippen LogP contribution in [0, 0.1) is 11.8 Å². The lowest BCUT2D eigenvalue weighted by molar-refractivity contribution is -0.121. The largest absolute Gasteiger partial charge is 0.385 e. The first kappa shape index (κ1) is 14.4. The van der Waals surface area contributed by atoms with E-state index < -0.39 is 0 Å². The standard InChI is InChI=1S/C12H20O2.CH4/c1-3-5-11-10(6-4-9-14-2)7-8-12(11)13;/h3,10-11H,1,4-9H2,2H3;1H4/t10-,11?;/m1./s1. The molecular formula is C13H24O2. The Morgan fingerprint density at radius 1 is 1.60 bits per heavy atom. The van der Waals surface area contributed by atoms with Crippen LogP contribution in [0.1, 0.15) is 39.5 Å². The van der Waals surface area contributed by atoms with Crippen molar-refractivity contribution in [3.8, 4) is 0 Å². The van der Waals surface area contributed by atoms with Crippen molar-refractivity contribution in [3.63, 3.8) is 0 Å². The van der Waals surface area contributed by atoms with Crippen LogP contribution in [0.3, 0.4) is 0 Å². The van der Waals surface area contributed by atoms with Gasteiger partial charge in [-0.2, -0.15) is 0 Å². The van der Waals surface area contributed by atoms with E-state index in [0.717, 1.165) is 38.7 Å². The molecule has 88 valence electrons. The number of carbonyl (C=O) groups is 1. The highest BCUT2D eigenvalue weighted by molar-refractivity contribution is 5.83. The maximum Gasteiger partial charge on any atom is 0.136 e. The summed E-state index contributed by atoms with van der Waals surface area (Å²) in [5, 5.41) is 0. The molecule has 2 nitrogen and oxygen atoms in total. The molecule has 0 amide bonds. The van der Waals surface area contributed by atoms with Crippen molar-refractivity contribution >= 4 is 5.78 Å². The summed E-state index contributed by atoms with van der Waals surface area (Å²) in [5.74, 6) is 1.27. The number of hydrogen-bond donors (Lipinski definition) is 0. The van der Waals surface area contributed by atoms with Gasteiger partial charge in [0.15, 0.2) is 0 Å². The summed E-state index contributed by atoms with van der Waals surface area (Å²) < 4.78 is 5.02. The number of methoxy groups -OCH3 is 1. The highest BCUT2D eigenvalue weighted by atomic mass is 16.5. The van der Waals surface area contributed by atoms with E-state index in [1.165, 1.54) is 0 Å². The van der Waals surface area contributed by atoms with Crippen molar-refractivity contribution in [2.24, 2.45) is 11.8 Å². The Bertz CT molecular complexity index is 199. The number of rotatable bonds is 6. The first-order valence-electron chi connectivity index (χ1n) is 5.42. The van der Waals surface area contributed by atoms with Gasteiger partial charge in [0, 0.05) is 26.1 Å². The second kappa shape index (κ2) is 7.63. The van der Waals surface area contributed by atoms with Gasteiger partial charge in [-0.05, 0) is 31.6 Å². The molecule has 2 heteroatoms. The minimum Gasteiger partial charge on any atom is -0.385 e. The fraction of sp³-hybridized carbons (Fsp3) is 0.769. The molecule has 1 unspecified atom stereocenters. The van der Waals surface area contributed by atoms with E-state index in [1.807, 2.05) is 6.08 Å². The lowest BCUT2D eigenvalue weighted by atomic mass is 9.89. The van der Waals surface area contributed by atoms with Gasteiger partial charge in [-0.15, -0.1) is 6.58 Å². The Morgan fingerprint density at radius 3 is 2.93 bits per heavy atom. The minimum atomic E-state index is 0. The molecule has 2 atom stereocenters. The third kappa shape index (κ3) is 4.17. The summed E-state index contributed by atoms with van der Waals surface area (Å²) in [5.41, 5.74) is 0. The summed E-state index contributed by atoms with van der Waals surface area (Å²) in [6.45, 7) is 4.52. The minimum absolute atomic E-state index is 0. The predicted molar refractivity (Wildman–Crippen MR) is 63.9 cm³/mol. The number of ether oxygens (including phenoxy) is 1. The van der Waals surface area contributed by atoms with Crippen LogP contribution in [0.5, 0.6) is 0 Å². The maximum absolute atomic E-state index is 11.5. The predicted octanol–water partition coefficient (Wildman–Crippen LogP) is 3.22. The quantitative estimate of drug-likeness (QED) is 0.499. The highest BCUT2D eigenvalue weighted by Crippen LogP contribution is 2.34. The highest BCUT2D eigenvalue weighted by Gasteiger charge is 2.32. The molecule has 1 aliphatic rings. The van der Waals surface area contributed by atoms with E-state index in [0.29, 0.717) is 11.7 Å². The van der Waals surface area contributed by atoms with Crippen LogP contribution in [-0.4, -0.2) is 19.5 Å². The van der Waals surface area contributed by atoms with Crippen LogP contribution in [0.4, 0.5) is 0 Å². The van der Waals surface area contributed by atoms with E-state index in [-0.39, 0.29) is 13.3 Å². The van der Waals surface area contributed by atoms with E-state index in [1.54, 1.807) is 7.11 Å². The lowest BCUT2D eigenvalue weighted by Gasteiger charge is -2.16. The molecule has 1 rings (SSSR count). The monoisotopic (exact) mass is 212 g/mol. The Morgan fingerprint density at radius 2 is 2.33 bits per heavy atom. The van der Waals surface area contributed by atoms with E-state index >= 15 is 0 Å². The first-order chi connectivity index (χ1) is 6.79. The molecule has 0 spiro atoms. The Balaban J connectivity index is 0.00000196. The van der Waals surface area contributed by atoms with Crippen LogP contribution in [-0.2, 0) is 9.53 Å². The summed E-state index contributed by atoms with van der Waals surface area (Å²) in [6.07, 6.45) is 6.77. The number of carbonyl (C=O) groups excluding carboxylic acids is 1. The van der Waals surface area contributed by atoms with Gasteiger partial charge in [-0.1, -0.05) is 13.5 Å². The van der Waals surface area contributed by atoms with Gasteiger partial charge < -0.3 is 4.74 Å². The Hall–Kier alpha value is -0.630. The molecule has 0 N–H and O–H groups in total. The van der Waals surface area contributed by atoms with Gasteiger partial charge in [0.05, 0.1) is 0 Å². The van der Waals surface area contributed by atoms with Gasteiger partial charge in [-0.25, -0.2) is 0 Å². The molecule has 0 aromatic heterocycles. The fourth-order valence-electron chi connectivity index (χ4n) is 2.32. The summed E-state index contributed by atoms with van der Waals surface area (Å²) in [7, 11) is 1.72. The van der Waals surface area contributed by atoms with Crippen LogP contribution in [0.15, 0.2) is 12.7 Å². The molecule has 0 aliphatic heterocycles. The zero-order valence-corrected chi connectivity index (χ0v) is 9.00. The molecule has 0 aromatic carbocycles. The molecule has 1 saturated carbocycles. The smallest absolute Gasteiger partial charge is 0.136 e. The Labute approximate surface area is 93.7 Å². The molecular weight excluding hydrogens is 188 g/mol. The van der Waals surface area contributed by atoms with Crippen molar-refractivity contribution in [1.29, 1.82) is 0 Å². The maximum atomic E-state index is 11.5. The SMILES string of the molecule is C.C=CCC1C(=O)CC[C@H]1CCCOC. The second-order valence-electron chi connectivity index (χ2n) is 4.03. The fourth-order valence-corrected chi connectivity index (χ4v) is 2.32. The second-order valence-corrected chi connectivity index (χ2v) is 4.03. The molecule has 0 aromatic rings. The lowest BCUT2D eigenvalue weighted by Crippen LogP contribution is -2.14. The average Bonchev–Trinajstić information content (AvgIpc) is 2.51. The molecule has 0 heterocycles. The van der Waals surface area contributed by atoms with Crippen molar-refractivity contribution in [2.45, 2.75) is 39.5 Å². The third-order valence-electron chi connectivity index (χ3n) is 3.09. The van der Waals surface area contributed by atoms with Crippen molar-refractivity contribution in [3.05, 3.63) is 12.7 Å². The van der Waals surface area contributed by atoms with Gasteiger partial charge >= 0.3 is 0 Å². The van der Waals surface area contributed by atoms with Crippen LogP contribution < -0.4 is 0 Å². The number of hydrogen-bond acceptors (Lipinski definition) is 2. The topological polar surface area (TPSA) is 26.3 Å². The number of ketones is 1. The normalized spacial score (nSPS) is 25.0. The summed E-state index contributed by atoms with van der Waals surface area (Å²) in [6, 6.07) is 0. The van der Waals surface area contributed by atoms with Gasteiger partial charge in [0.2, 0.25) is 0 Å². The van der Waals surface area contributed by atoms with Gasteiger partial charge in [0.1, 0.15) is 5.78 Å².